The van der Waals surface area contributed by atoms with Crippen LogP contribution in [0.3, 0.4) is 0 Å². The van der Waals surface area contributed by atoms with Crippen LogP contribution >= 0.6 is 0 Å². The maximum Gasteiger partial charge on any atom is 0.268 e. The molecule has 0 aliphatic carbocycles. The van der Waals surface area contributed by atoms with Crippen LogP contribution in [0.5, 0.6) is 5.88 Å². The lowest BCUT2D eigenvalue weighted by atomic mass is 10.1. The highest BCUT2D eigenvalue weighted by atomic mass is 16.5. The average molecular weight is 309 g/mol. The lowest BCUT2D eigenvalue weighted by Gasteiger charge is -2.11. The molecule has 0 radical (unpaired) electrons. The van der Waals surface area contributed by atoms with E-state index in [-0.39, 0.29) is 5.91 Å². The molecule has 5 heteroatoms. The Hall–Kier alpha value is -2.82. The summed E-state index contributed by atoms with van der Waals surface area (Å²) in [5.74, 6) is 0.447. The molecule has 0 saturated carbocycles. The summed E-state index contributed by atoms with van der Waals surface area (Å²) in [6.07, 6.45) is 0. The molecule has 0 atom stereocenters. The molecule has 0 spiro atoms. The standard InChI is InChI=1S/C18H19N3O2/c1-12-8-9-16(21(12)2)18(22)19-11-13-10-17(23-3)20-15-7-5-4-6-14(13)15/h4-10H,11H2,1-3H3,(H,19,22). The van der Waals surface area contributed by atoms with Crippen molar-refractivity contribution in [3.05, 3.63) is 59.4 Å². The second-order valence-corrected chi connectivity index (χ2v) is 5.44. The van der Waals surface area contributed by atoms with Crippen LogP contribution in [0, 0.1) is 6.92 Å². The van der Waals surface area contributed by atoms with Gasteiger partial charge in [0.15, 0.2) is 0 Å². The highest BCUT2D eigenvalue weighted by Gasteiger charge is 2.12. The van der Waals surface area contributed by atoms with Crippen molar-refractivity contribution in [2.24, 2.45) is 7.05 Å². The summed E-state index contributed by atoms with van der Waals surface area (Å²) in [6, 6.07) is 13.4. The first-order valence-corrected chi connectivity index (χ1v) is 7.43. The van der Waals surface area contributed by atoms with Gasteiger partial charge < -0.3 is 14.6 Å². The molecule has 2 aromatic heterocycles. The van der Waals surface area contributed by atoms with E-state index in [1.165, 1.54) is 0 Å². The third-order valence-corrected chi connectivity index (χ3v) is 4.03. The Bertz CT molecular complexity index is 868. The zero-order valence-electron chi connectivity index (χ0n) is 13.5. The van der Waals surface area contributed by atoms with Gasteiger partial charge >= 0.3 is 0 Å². The van der Waals surface area contributed by atoms with E-state index < -0.39 is 0 Å². The maximum atomic E-state index is 12.4. The first-order valence-electron chi connectivity index (χ1n) is 7.43. The molecule has 3 rings (SSSR count). The minimum Gasteiger partial charge on any atom is -0.481 e. The van der Waals surface area contributed by atoms with E-state index in [0.29, 0.717) is 18.1 Å². The molecule has 0 saturated heterocycles. The number of nitrogens with zero attached hydrogens (tertiary/aromatic N) is 2. The number of para-hydroxylation sites is 1. The third kappa shape index (κ3) is 2.90. The number of methoxy groups -OCH3 is 1. The normalized spacial score (nSPS) is 10.7. The second-order valence-electron chi connectivity index (χ2n) is 5.44. The Morgan fingerprint density at radius 2 is 2.04 bits per heavy atom. The molecule has 5 nitrogen and oxygen atoms in total. The summed E-state index contributed by atoms with van der Waals surface area (Å²) < 4.78 is 7.12. The first kappa shape index (κ1) is 15.1. The Kier molecular flexibility index (Phi) is 4.02. The van der Waals surface area contributed by atoms with E-state index >= 15 is 0 Å². The molecule has 3 aromatic rings. The predicted octanol–water partition coefficient (Wildman–Crippen LogP) is 2.82. The molecule has 1 aromatic carbocycles. The van der Waals surface area contributed by atoms with E-state index in [1.807, 2.05) is 61.0 Å². The van der Waals surface area contributed by atoms with Crippen LogP contribution in [0.2, 0.25) is 0 Å². The zero-order chi connectivity index (χ0) is 16.4. The maximum absolute atomic E-state index is 12.4. The number of fused-ring (bicyclic) bond motifs is 1. The summed E-state index contributed by atoms with van der Waals surface area (Å²) >= 11 is 0. The highest BCUT2D eigenvalue weighted by Crippen LogP contribution is 2.21. The van der Waals surface area contributed by atoms with Crippen LogP contribution in [-0.4, -0.2) is 22.6 Å². The predicted molar refractivity (Wildman–Crippen MR) is 89.6 cm³/mol. The van der Waals surface area contributed by atoms with Crippen molar-refractivity contribution in [1.82, 2.24) is 14.9 Å². The quantitative estimate of drug-likeness (QED) is 0.806. The number of hydrogen-bond acceptors (Lipinski definition) is 3. The molecule has 0 fully saturated rings. The highest BCUT2D eigenvalue weighted by molar-refractivity contribution is 5.93. The summed E-state index contributed by atoms with van der Waals surface area (Å²) in [7, 11) is 3.47. The van der Waals surface area contributed by atoms with Gasteiger partial charge in [-0.2, -0.15) is 0 Å². The van der Waals surface area contributed by atoms with Gasteiger partial charge in [0.25, 0.3) is 5.91 Å². The molecular weight excluding hydrogens is 290 g/mol. The first-order chi connectivity index (χ1) is 11.1. The van der Waals surface area contributed by atoms with Crippen molar-refractivity contribution < 1.29 is 9.53 Å². The lowest BCUT2D eigenvalue weighted by molar-refractivity contribution is 0.0942. The van der Waals surface area contributed by atoms with Crippen LogP contribution in [0.4, 0.5) is 0 Å². The van der Waals surface area contributed by atoms with Gasteiger partial charge in [0.1, 0.15) is 5.69 Å². The van der Waals surface area contributed by atoms with Gasteiger partial charge in [-0.15, -0.1) is 0 Å². The number of carbonyl (C=O) groups excluding carboxylic acids is 1. The monoisotopic (exact) mass is 309 g/mol. The summed E-state index contributed by atoms with van der Waals surface area (Å²) in [4.78, 5) is 16.8. The Morgan fingerprint density at radius 1 is 1.26 bits per heavy atom. The van der Waals surface area contributed by atoms with Gasteiger partial charge in [0.2, 0.25) is 5.88 Å². The fraction of sp³-hybridized carbons (Fsp3) is 0.222. The van der Waals surface area contributed by atoms with Gasteiger partial charge in [-0.1, -0.05) is 18.2 Å². The van der Waals surface area contributed by atoms with Crippen molar-refractivity contribution in [1.29, 1.82) is 0 Å². The van der Waals surface area contributed by atoms with Gasteiger partial charge in [-0.3, -0.25) is 4.79 Å². The van der Waals surface area contributed by atoms with Gasteiger partial charge in [0, 0.05) is 30.7 Å². The number of ether oxygens (including phenoxy) is 1. The minimum atomic E-state index is -0.0968. The average Bonchev–Trinajstić information content (AvgIpc) is 2.91. The van der Waals surface area contributed by atoms with E-state index in [0.717, 1.165) is 22.2 Å². The smallest absolute Gasteiger partial charge is 0.268 e. The number of aromatic nitrogens is 2. The third-order valence-electron chi connectivity index (χ3n) is 4.03. The SMILES string of the molecule is COc1cc(CNC(=O)c2ccc(C)n2C)c2ccccc2n1. The summed E-state index contributed by atoms with van der Waals surface area (Å²) in [5, 5.41) is 3.98. The lowest BCUT2D eigenvalue weighted by Crippen LogP contribution is -2.25. The number of carbonyl (C=O) groups is 1. The Labute approximate surface area is 134 Å². The zero-order valence-corrected chi connectivity index (χ0v) is 13.5. The van der Waals surface area contributed by atoms with Gasteiger partial charge in [-0.05, 0) is 30.7 Å². The van der Waals surface area contributed by atoms with Crippen molar-refractivity contribution in [3.63, 3.8) is 0 Å². The Morgan fingerprint density at radius 3 is 2.74 bits per heavy atom. The number of hydrogen-bond donors (Lipinski definition) is 1. The minimum absolute atomic E-state index is 0.0968. The van der Waals surface area contributed by atoms with Crippen molar-refractivity contribution in [2.75, 3.05) is 7.11 Å². The largest absolute Gasteiger partial charge is 0.481 e. The molecule has 23 heavy (non-hydrogen) atoms. The van der Waals surface area contributed by atoms with Crippen molar-refractivity contribution in [2.45, 2.75) is 13.5 Å². The molecule has 0 aliphatic rings. The number of aryl methyl sites for hydroxylation is 1. The number of pyridine rings is 1. The van der Waals surface area contributed by atoms with E-state index in [1.54, 1.807) is 7.11 Å². The number of rotatable bonds is 4. The van der Waals surface area contributed by atoms with E-state index in [4.69, 9.17) is 4.74 Å². The molecule has 1 N–H and O–H groups in total. The van der Waals surface area contributed by atoms with Crippen molar-refractivity contribution >= 4 is 16.8 Å². The molecule has 0 bridgehead atoms. The van der Waals surface area contributed by atoms with Crippen LogP contribution in [0.1, 0.15) is 21.7 Å². The van der Waals surface area contributed by atoms with E-state index in [9.17, 15) is 4.79 Å². The van der Waals surface area contributed by atoms with Gasteiger partial charge in [-0.25, -0.2) is 4.98 Å². The van der Waals surface area contributed by atoms with Gasteiger partial charge in [0.05, 0.1) is 12.6 Å². The second kappa shape index (κ2) is 6.12. The summed E-state index contributed by atoms with van der Waals surface area (Å²) in [6.45, 7) is 2.39. The van der Waals surface area contributed by atoms with Crippen LogP contribution in [-0.2, 0) is 13.6 Å². The Balaban J connectivity index is 1.87. The molecule has 2 heterocycles. The number of nitrogens with one attached hydrogen (secondary N) is 1. The fourth-order valence-corrected chi connectivity index (χ4v) is 2.58. The van der Waals surface area contributed by atoms with E-state index in [2.05, 4.69) is 10.3 Å². The van der Waals surface area contributed by atoms with Crippen LogP contribution < -0.4 is 10.1 Å². The fourth-order valence-electron chi connectivity index (χ4n) is 2.58. The molecular formula is C18H19N3O2. The summed E-state index contributed by atoms with van der Waals surface area (Å²) in [5.41, 5.74) is 3.52. The number of amides is 1. The molecule has 1 amide bonds. The van der Waals surface area contributed by atoms with Crippen LogP contribution in [0.25, 0.3) is 10.9 Å². The topological polar surface area (TPSA) is 56.1 Å². The number of benzene rings is 1. The molecule has 0 unspecified atom stereocenters. The van der Waals surface area contributed by atoms with Crippen LogP contribution in [0.15, 0.2) is 42.5 Å². The molecule has 0 aliphatic heterocycles. The molecule has 118 valence electrons. The van der Waals surface area contributed by atoms with Crippen molar-refractivity contribution in [3.8, 4) is 5.88 Å².